The van der Waals surface area contributed by atoms with E-state index in [9.17, 15) is 15.8 Å². The molecule has 3 heterocycles. The summed E-state index contributed by atoms with van der Waals surface area (Å²) in [6.45, 7) is 0. The van der Waals surface area contributed by atoms with E-state index in [4.69, 9.17) is 9.97 Å². The van der Waals surface area contributed by atoms with Gasteiger partial charge in [0.05, 0.1) is 68.4 Å². The van der Waals surface area contributed by atoms with Crippen LogP contribution in [0.25, 0.3) is 111 Å². The van der Waals surface area contributed by atoms with Crippen LogP contribution in [0.1, 0.15) is 16.7 Å². The number of rotatable bonds is 7. The predicted octanol–water partition coefficient (Wildman–Crippen LogP) is 14.6. The van der Waals surface area contributed by atoms with Gasteiger partial charge in [-0.2, -0.15) is 15.8 Å². The maximum atomic E-state index is 10.5. The van der Waals surface area contributed by atoms with Crippen LogP contribution < -0.4 is 0 Å². The van der Waals surface area contributed by atoms with Gasteiger partial charge in [-0.3, -0.25) is 0 Å². The van der Waals surface area contributed by atoms with E-state index in [1.165, 1.54) is 32.6 Å². The minimum atomic E-state index is 0.355. The first-order valence-corrected chi connectivity index (χ1v) is 22.2. The van der Waals surface area contributed by atoms with Crippen LogP contribution in [0.2, 0.25) is 0 Å². The highest BCUT2D eigenvalue weighted by Crippen LogP contribution is 2.38. The molecule has 12 aromatic rings. The zero-order chi connectivity index (χ0) is 45.7. The zero-order valence-electron chi connectivity index (χ0n) is 36.3. The maximum Gasteiger partial charge on any atom is 0.161 e. The van der Waals surface area contributed by atoms with Gasteiger partial charge in [0.15, 0.2) is 5.82 Å². The van der Waals surface area contributed by atoms with Crippen molar-refractivity contribution in [1.29, 1.82) is 15.8 Å². The molecule has 0 saturated heterocycles. The monoisotopic (exact) mass is 865 g/mol. The fourth-order valence-corrected chi connectivity index (χ4v) is 9.70. The molecular weight excluding hydrogens is 831 g/mol. The summed E-state index contributed by atoms with van der Waals surface area (Å²) >= 11 is 0. The third kappa shape index (κ3) is 6.57. The van der Waals surface area contributed by atoms with Gasteiger partial charge >= 0.3 is 0 Å². The second kappa shape index (κ2) is 16.3. The molecule has 0 aliphatic rings. The van der Waals surface area contributed by atoms with Crippen LogP contribution in [-0.2, 0) is 0 Å². The quantitative estimate of drug-likeness (QED) is 0.159. The number of fused-ring (bicyclic) bond motifs is 6. The average Bonchev–Trinajstić information content (AvgIpc) is 3.93. The molecule has 0 spiro atoms. The summed E-state index contributed by atoms with van der Waals surface area (Å²) in [6, 6.07) is 78.6. The number of aromatic nitrogens is 4. The molecule has 7 nitrogen and oxygen atoms in total. The zero-order valence-corrected chi connectivity index (χ0v) is 36.3. The number of benzene rings is 9. The third-order valence-corrected chi connectivity index (χ3v) is 12.9. The average molecular weight is 866 g/mol. The van der Waals surface area contributed by atoms with Crippen LogP contribution in [0.3, 0.4) is 0 Å². The Bertz CT molecular complexity index is 3990. The summed E-state index contributed by atoms with van der Waals surface area (Å²) < 4.78 is 4.72. The molecule has 68 heavy (non-hydrogen) atoms. The van der Waals surface area contributed by atoms with Crippen molar-refractivity contribution < 1.29 is 0 Å². The van der Waals surface area contributed by atoms with Crippen molar-refractivity contribution in [2.75, 3.05) is 0 Å². The van der Waals surface area contributed by atoms with E-state index in [-0.39, 0.29) is 0 Å². The Morgan fingerprint density at radius 2 is 0.765 bits per heavy atom. The van der Waals surface area contributed by atoms with Crippen molar-refractivity contribution in [3.05, 3.63) is 229 Å². The Labute approximate surface area is 391 Å². The van der Waals surface area contributed by atoms with Crippen molar-refractivity contribution in [1.82, 2.24) is 19.1 Å². The molecule has 0 fully saturated rings. The molecule has 0 bridgehead atoms. The Morgan fingerprint density at radius 3 is 1.40 bits per heavy atom. The van der Waals surface area contributed by atoms with Gasteiger partial charge in [-0.25, -0.2) is 9.97 Å². The fourth-order valence-electron chi connectivity index (χ4n) is 9.70. The number of hydrogen-bond donors (Lipinski definition) is 0. The summed E-state index contributed by atoms with van der Waals surface area (Å²) in [7, 11) is 0. The Morgan fingerprint density at radius 1 is 0.309 bits per heavy atom. The van der Waals surface area contributed by atoms with E-state index in [2.05, 4.69) is 167 Å². The van der Waals surface area contributed by atoms with E-state index in [1.54, 1.807) is 18.2 Å². The summed E-state index contributed by atoms with van der Waals surface area (Å²) in [5.74, 6) is 0.355. The van der Waals surface area contributed by atoms with E-state index in [1.807, 2.05) is 54.6 Å². The highest BCUT2D eigenvalue weighted by Gasteiger charge is 2.19. The Balaban J connectivity index is 0.865. The van der Waals surface area contributed by atoms with Crippen LogP contribution in [0, 0.1) is 34.0 Å². The summed E-state index contributed by atoms with van der Waals surface area (Å²) in [5.41, 5.74) is 15.2. The molecule has 0 unspecified atom stereocenters. The van der Waals surface area contributed by atoms with Gasteiger partial charge in [0.1, 0.15) is 0 Å². The van der Waals surface area contributed by atoms with Crippen molar-refractivity contribution in [2.24, 2.45) is 0 Å². The van der Waals surface area contributed by atoms with Crippen molar-refractivity contribution in [3.8, 4) is 85.7 Å². The first kappa shape index (κ1) is 39.7. The van der Waals surface area contributed by atoms with Gasteiger partial charge in [0.2, 0.25) is 0 Å². The van der Waals surface area contributed by atoms with Crippen LogP contribution in [-0.4, -0.2) is 19.1 Å². The lowest BCUT2D eigenvalue weighted by Gasteiger charge is -2.13. The lowest BCUT2D eigenvalue weighted by molar-refractivity contribution is 1.17. The molecule has 0 saturated carbocycles. The molecule has 314 valence electrons. The Kier molecular flexibility index (Phi) is 9.51. The molecule has 0 aliphatic carbocycles. The second-order valence-electron chi connectivity index (χ2n) is 16.7. The normalized spacial score (nSPS) is 11.2. The van der Waals surface area contributed by atoms with Crippen molar-refractivity contribution in [3.63, 3.8) is 0 Å². The Hall–Kier alpha value is -9.87. The topological polar surface area (TPSA) is 107 Å². The predicted molar refractivity (Wildman–Crippen MR) is 272 cm³/mol. The summed E-state index contributed by atoms with van der Waals surface area (Å²) in [6.07, 6.45) is 0. The molecule has 0 N–H and O–H groups in total. The van der Waals surface area contributed by atoms with E-state index in [0.717, 1.165) is 44.7 Å². The van der Waals surface area contributed by atoms with Gasteiger partial charge in [-0.05, 0) is 101 Å². The van der Waals surface area contributed by atoms with Gasteiger partial charge in [0, 0.05) is 49.6 Å². The lowest BCUT2D eigenvalue weighted by Crippen LogP contribution is -1.99. The molecule has 9 aromatic carbocycles. The SMILES string of the molecule is N#Cc1cc(-c2cc(-c3ccccc3C#N)nc(-c3ccccc3C#N)n2)ccc1-c1ccc(-c2ccc(-n3c4ccccc4c4cc(-n5c6ccccc6c6ccccc65)ccc43)cc2)cc1. The van der Waals surface area contributed by atoms with Crippen LogP contribution in [0.5, 0.6) is 0 Å². The van der Waals surface area contributed by atoms with Crippen LogP contribution in [0.4, 0.5) is 0 Å². The first-order valence-electron chi connectivity index (χ1n) is 22.2. The number of nitriles is 3. The van der Waals surface area contributed by atoms with E-state index < -0.39 is 0 Å². The minimum Gasteiger partial charge on any atom is -0.309 e. The molecule has 7 heteroatoms. The van der Waals surface area contributed by atoms with Crippen molar-refractivity contribution in [2.45, 2.75) is 0 Å². The lowest BCUT2D eigenvalue weighted by atomic mass is 9.94. The molecule has 12 rings (SSSR count). The molecule has 0 radical (unpaired) electrons. The van der Waals surface area contributed by atoms with Crippen LogP contribution >= 0.6 is 0 Å². The minimum absolute atomic E-state index is 0.355. The smallest absolute Gasteiger partial charge is 0.161 e. The fraction of sp³-hybridized carbons (Fsp3) is 0. The van der Waals surface area contributed by atoms with Crippen LogP contribution in [0.15, 0.2) is 212 Å². The van der Waals surface area contributed by atoms with E-state index >= 15 is 0 Å². The molecular formula is C61H35N7. The van der Waals surface area contributed by atoms with Gasteiger partial charge in [-0.1, -0.05) is 133 Å². The highest BCUT2D eigenvalue weighted by atomic mass is 15.0. The maximum absolute atomic E-state index is 10.5. The standard InChI is InChI=1S/C61H35N7/c62-36-43-11-1-3-13-49(43)56-35-55(65-61(66-56)50-14-4-2-12-44(50)37-63)42-27-31-48(45(33-42)38-64)41-23-21-39(22-24-41)40-25-28-46(29-26-40)67-59-20-10-7-17-53(59)54-34-47(30-32-60(54)67)68-57-18-8-5-15-51(57)52-16-6-9-19-58(52)68/h1-35H. The van der Waals surface area contributed by atoms with Gasteiger partial charge in [0.25, 0.3) is 0 Å². The second-order valence-corrected chi connectivity index (χ2v) is 16.7. The number of hydrogen-bond acceptors (Lipinski definition) is 5. The van der Waals surface area contributed by atoms with Crippen molar-refractivity contribution >= 4 is 43.6 Å². The van der Waals surface area contributed by atoms with Gasteiger partial charge < -0.3 is 9.13 Å². The molecule has 0 atom stereocenters. The first-order chi connectivity index (χ1) is 33.6. The number of nitrogens with zero attached hydrogens (tertiary/aromatic N) is 7. The van der Waals surface area contributed by atoms with Gasteiger partial charge in [-0.15, -0.1) is 0 Å². The molecule has 0 aliphatic heterocycles. The largest absolute Gasteiger partial charge is 0.309 e. The molecule has 3 aromatic heterocycles. The highest BCUT2D eigenvalue weighted by molar-refractivity contribution is 6.12. The summed E-state index contributed by atoms with van der Waals surface area (Å²) in [5, 5.41) is 35.2. The van der Waals surface area contributed by atoms with E-state index in [0.29, 0.717) is 50.6 Å². The third-order valence-electron chi connectivity index (χ3n) is 12.9. The number of para-hydroxylation sites is 3. The summed E-state index contributed by atoms with van der Waals surface area (Å²) in [4.78, 5) is 9.76. The molecule has 0 amide bonds.